The predicted octanol–water partition coefficient (Wildman–Crippen LogP) is 4.70. The third kappa shape index (κ3) is 1.53. The highest BCUT2D eigenvalue weighted by Gasteiger charge is 2.18. The SMILES string of the molecule is C=C(O)c1ccc2c(oc3c(F)c(C)ccc32)c1F. The molecule has 0 saturated carbocycles. The Labute approximate surface area is 107 Å². The van der Waals surface area contributed by atoms with Crippen LogP contribution in [0.3, 0.4) is 0 Å². The lowest BCUT2D eigenvalue weighted by Crippen LogP contribution is -1.87. The van der Waals surface area contributed by atoms with E-state index in [1.165, 1.54) is 6.07 Å². The number of benzene rings is 2. The van der Waals surface area contributed by atoms with Crippen LogP contribution in [0.4, 0.5) is 8.78 Å². The number of aryl methyl sites for hydroxylation is 1. The minimum atomic E-state index is -0.738. The van der Waals surface area contributed by atoms with Gasteiger partial charge in [-0.3, -0.25) is 0 Å². The van der Waals surface area contributed by atoms with Crippen molar-refractivity contribution < 1.29 is 18.3 Å². The monoisotopic (exact) mass is 260 g/mol. The molecule has 0 radical (unpaired) electrons. The normalized spacial score (nSPS) is 11.3. The molecule has 96 valence electrons. The van der Waals surface area contributed by atoms with E-state index >= 15 is 0 Å². The van der Waals surface area contributed by atoms with Crippen molar-refractivity contribution in [2.75, 3.05) is 0 Å². The first-order valence-electron chi connectivity index (χ1n) is 5.68. The summed E-state index contributed by atoms with van der Waals surface area (Å²) >= 11 is 0. The molecule has 2 aromatic carbocycles. The van der Waals surface area contributed by atoms with Crippen molar-refractivity contribution >= 4 is 27.7 Å². The number of hydrogen-bond donors (Lipinski definition) is 1. The molecule has 0 fully saturated rings. The van der Waals surface area contributed by atoms with E-state index in [-0.39, 0.29) is 16.7 Å². The maximum Gasteiger partial charge on any atom is 0.177 e. The molecule has 0 atom stereocenters. The van der Waals surface area contributed by atoms with Gasteiger partial charge in [0.1, 0.15) is 5.76 Å². The Hall–Kier alpha value is -2.36. The number of aliphatic hydroxyl groups excluding tert-OH is 1. The molecule has 2 nitrogen and oxygen atoms in total. The molecule has 0 aliphatic rings. The van der Waals surface area contributed by atoms with E-state index in [4.69, 9.17) is 4.42 Å². The van der Waals surface area contributed by atoms with Crippen LogP contribution in [0, 0.1) is 18.6 Å². The second-order valence-corrected chi connectivity index (χ2v) is 4.43. The Bertz CT molecular complexity index is 831. The predicted molar refractivity (Wildman–Crippen MR) is 70.0 cm³/mol. The third-order valence-corrected chi connectivity index (χ3v) is 3.19. The summed E-state index contributed by atoms with van der Waals surface area (Å²) in [5, 5.41) is 10.3. The number of hydrogen-bond acceptors (Lipinski definition) is 2. The highest BCUT2D eigenvalue weighted by Crippen LogP contribution is 2.34. The van der Waals surface area contributed by atoms with Crippen molar-refractivity contribution in [1.82, 2.24) is 0 Å². The van der Waals surface area contributed by atoms with Crippen molar-refractivity contribution in [2.24, 2.45) is 0 Å². The van der Waals surface area contributed by atoms with E-state index in [2.05, 4.69) is 6.58 Å². The van der Waals surface area contributed by atoms with Crippen LogP contribution in [-0.4, -0.2) is 5.11 Å². The summed E-state index contributed by atoms with van der Waals surface area (Å²) in [4.78, 5) is 0. The van der Waals surface area contributed by atoms with Crippen molar-refractivity contribution in [2.45, 2.75) is 6.92 Å². The van der Waals surface area contributed by atoms with Crippen LogP contribution in [0.5, 0.6) is 0 Å². The maximum atomic E-state index is 14.2. The van der Waals surface area contributed by atoms with E-state index in [0.717, 1.165) is 0 Å². The summed E-state index contributed by atoms with van der Waals surface area (Å²) in [7, 11) is 0. The van der Waals surface area contributed by atoms with Gasteiger partial charge in [-0.2, -0.15) is 0 Å². The zero-order valence-electron chi connectivity index (χ0n) is 10.1. The van der Waals surface area contributed by atoms with E-state index < -0.39 is 17.4 Å². The Kier molecular flexibility index (Phi) is 2.35. The zero-order valence-corrected chi connectivity index (χ0v) is 10.1. The number of fused-ring (bicyclic) bond motifs is 3. The van der Waals surface area contributed by atoms with Gasteiger partial charge < -0.3 is 9.52 Å². The smallest absolute Gasteiger partial charge is 0.177 e. The molecule has 0 amide bonds. The van der Waals surface area contributed by atoms with E-state index in [0.29, 0.717) is 16.3 Å². The van der Waals surface area contributed by atoms with Crippen LogP contribution in [0.1, 0.15) is 11.1 Å². The fraction of sp³-hybridized carbons (Fsp3) is 0.0667. The first kappa shape index (κ1) is 11.7. The summed E-state index contributed by atoms with van der Waals surface area (Å²) in [6, 6.07) is 6.28. The molecule has 19 heavy (non-hydrogen) atoms. The van der Waals surface area contributed by atoms with Crippen LogP contribution in [-0.2, 0) is 0 Å². The second kappa shape index (κ2) is 3.82. The van der Waals surface area contributed by atoms with Gasteiger partial charge >= 0.3 is 0 Å². The van der Waals surface area contributed by atoms with Gasteiger partial charge in [-0.15, -0.1) is 0 Å². The van der Waals surface area contributed by atoms with Gasteiger partial charge in [-0.05, 0) is 24.6 Å². The molecule has 1 heterocycles. The van der Waals surface area contributed by atoms with E-state index in [1.54, 1.807) is 25.1 Å². The lowest BCUT2D eigenvalue weighted by Gasteiger charge is -2.00. The number of halogens is 2. The average Bonchev–Trinajstić information content (AvgIpc) is 2.74. The Morgan fingerprint density at radius 3 is 2.26 bits per heavy atom. The lowest BCUT2D eigenvalue weighted by atomic mass is 10.1. The van der Waals surface area contributed by atoms with Gasteiger partial charge in [0.15, 0.2) is 22.8 Å². The van der Waals surface area contributed by atoms with Crippen LogP contribution < -0.4 is 0 Å². The van der Waals surface area contributed by atoms with Crippen molar-refractivity contribution in [3.05, 3.63) is 53.6 Å². The van der Waals surface area contributed by atoms with Crippen LogP contribution >= 0.6 is 0 Å². The highest BCUT2D eigenvalue weighted by molar-refractivity contribution is 6.06. The molecule has 0 bridgehead atoms. The van der Waals surface area contributed by atoms with E-state index in [1.807, 2.05) is 0 Å². The second-order valence-electron chi connectivity index (χ2n) is 4.43. The van der Waals surface area contributed by atoms with Gasteiger partial charge in [0.2, 0.25) is 0 Å². The van der Waals surface area contributed by atoms with Crippen molar-refractivity contribution in [3.63, 3.8) is 0 Å². The summed E-state index contributed by atoms with van der Waals surface area (Å²) in [6.45, 7) is 4.89. The Morgan fingerprint density at radius 2 is 1.63 bits per heavy atom. The van der Waals surface area contributed by atoms with Gasteiger partial charge in [-0.25, -0.2) is 8.78 Å². The number of rotatable bonds is 1. The topological polar surface area (TPSA) is 33.4 Å². The molecule has 3 rings (SSSR count). The molecule has 3 aromatic rings. The summed E-state index contributed by atoms with van der Waals surface area (Å²) < 4.78 is 33.4. The molecular formula is C15H10F2O2. The van der Waals surface area contributed by atoms with Crippen molar-refractivity contribution in [3.8, 4) is 0 Å². The lowest BCUT2D eigenvalue weighted by molar-refractivity contribution is 0.501. The Balaban J connectivity index is 2.50. The average molecular weight is 260 g/mol. The fourth-order valence-corrected chi connectivity index (χ4v) is 2.16. The van der Waals surface area contributed by atoms with Gasteiger partial charge in [0.25, 0.3) is 0 Å². The molecule has 0 aliphatic heterocycles. The quantitative estimate of drug-likeness (QED) is 0.643. The highest BCUT2D eigenvalue weighted by atomic mass is 19.1. The summed E-state index contributed by atoms with van der Waals surface area (Å²) in [6.07, 6.45) is 0. The van der Waals surface area contributed by atoms with Crippen LogP contribution in [0.2, 0.25) is 0 Å². The minimum absolute atomic E-state index is 0.0228. The molecule has 1 N–H and O–H groups in total. The van der Waals surface area contributed by atoms with E-state index in [9.17, 15) is 13.9 Å². The molecular weight excluding hydrogens is 250 g/mol. The Morgan fingerprint density at radius 1 is 1.05 bits per heavy atom. The molecule has 0 saturated heterocycles. The molecule has 4 heteroatoms. The molecule has 0 spiro atoms. The minimum Gasteiger partial charge on any atom is -0.508 e. The molecule has 0 aliphatic carbocycles. The third-order valence-electron chi connectivity index (χ3n) is 3.19. The first-order valence-corrected chi connectivity index (χ1v) is 5.68. The van der Waals surface area contributed by atoms with Gasteiger partial charge in [-0.1, -0.05) is 18.7 Å². The first-order chi connectivity index (χ1) is 9.00. The summed E-state index contributed by atoms with van der Waals surface area (Å²) in [5.41, 5.74) is 0.323. The summed E-state index contributed by atoms with van der Waals surface area (Å²) in [5.74, 6) is -1.63. The molecule has 1 aromatic heterocycles. The largest absolute Gasteiger partial charge is 0.508 e. The van der Waals surface area contributed by atoms with Gasteiger partial charge in [0.05, 0.1) is 5.56 Å². The standard InChI is InChI=1S/C15H10F2O2/c1-7-3-4-10-11-6-5-9(8(2)18)13(17)15(11)19-14(10)12(7)16/h3-6,18H,2H2,1H3. The van der Waals surface area contributed by atoms with Crippen LogP contribution in [0.15, 0.2) is 35.3 Å². The van der Waals surface area contributed by atoms with Crippen LogP contribution in [0.25, 0.3) is 27.7 Å². The van der Waals surface area contributed by atoms with Gasteiger partial charge in [0, 0.05) is 10.8 Å². The fourth-order valence-electron chi connectivity index (χ4n) is 2.16. The number of aliphatic hydroxyl groups is 1. The maximum absolute atomic E-state index is 14.2. The molecule has 0 unspecified atom stereocenters. The zero-order chi connectivity index (χ0) is 13.7. The number of furan rings is 1. The van der Waals surface area contributed by atoms with Crippen molar-refractivity contribution in [1.29, 1.82) is 0 Å².